The lowest BCUT2D eigenvalue weighted by molar-refractivity contribution is -0.140. The van der Waals surface area contributed by atoms with Crippen LogP contribution in [0.4, 0.5) is 0 Å². The highest BCUT2D eigenvalue weighted by molar-refractivity contribution is 6.07. The molecule has 2 atom stereocenters. The summed E-state index contributed by atoms with van der Waals surface area (Å²) in [5, 5.41) is 17.1. The van der Waals surface area contributed by atoms with Crippen molar-refractivity contribution < 1.29 is 19.1 Å². The summed E-state index contributed by atoms with van der Waals surface area (Å²) in [5.74, 6) is -1.22. The first-order valence-corrected chi connectivity index (χ1v) is 9.29. The number of hydrogen-bond acceptors (Lipinski definition) is 5. The smallest absolute Gasteiger partial charge is 0.326 e. The minimum Gasteiger partial charge on any atom is -0.480 e. The summed E-state index contributed by atoms with van der Waals surface area (Å²) in [5.41, 5.74) is 1.35. The van der Waals surface area contributed by atoms with Gasteiger partial charge in [0.25, 0.3) is 5.91 Å². The van der Waals surface area contributed by atoms with Gasteiger partial charge in [-0.05, 0) is 38.0 Å². The zero-order valence-electron chi connectivity index (χ0n) is 16.3. The fourth-order valence-corrected chi connectivity index (χ4v) is 3.04. The van der Waals surface area contributed by atoms with Crippen LogP contribution >= 0.6 is 0 Å². The lowest BCUT2D eigenvalue weighted by Crippen LogP contribution is -2.45. The summed E-state index contributed by atoms with van der Waals surface area (Å²) in [4.78, 5) is 29.3. The molecule has 3 heterocycles. The predicted octanol–water partition coefficient (Wildman–Crippen LogP) is 3.50. The van der Waals surface area contributed by atoms with E-state index < -0.39 is 17.9 Å². The number of amides is 1. The predicted molar refractivity (Wildman–Crippen MR) is 104 cm³/mol. The Bertz CT molecular complexity index is 991. The first-order chi connectivity index (χ1) is 13.3. The maximum absolute atomic E-state index is 13.0. The monoisotopic (exact) mass is 384 g/mol. The molecule has 0 saturated heterocycles. The number of nitrogens with zero attached hydrogens (tertiary/aromatic N) is 3. The number of fused-ring (bicyclic) bond motifs is 1. The fourth-order valence-electron chi connectivity index (χ4n) is 3.04. The molecule has 0 unspecified atom stereocenters. The van der Waals surface area contributed by atoms with E-state index in [9.17, 15) is 14.7 Å². The number of furan rings is 1. The maximum atomic E-state index is 13.0. The molecule has 0 aromatic carbocycles. The minimum absolute atomic E-state index is 0.0413. The van der Waals surface area contributed by atoms with Gasteiger partial charge in [0.2, 0.25) is 0 Å². The molecule has 148 valence electrons. The highest BCUT2D eigenvalue weighted by Gasteiger charge is 2.27. The van der Waals surface area contributed by atoms with Gasteiger partial charge >= 0.3 is 5.97 Å². The second-order valence-electron chi connectivity index (χ2n) is 7.13. The van der Waals surface area contributed by atoms with E-state index in [-0.39, 0.29) is 12.0 Å². The standard InChI is InChI=1S/C20H24N4O4/c1-5-12(4)17(20(26)27)23-19(25)13-9-15(16-7-6-8-28-16)22-18-14(13)10-21-24(18)11(2)3/h6-12,17H,5H2,1-4H3,(H,23,25)(H,26,27)/t12-,17-/m0/s1. The van der Waals surface area contributed by atoms with Gasteiger partial charge in [-0.1, -0.05) is 20.3 Å². The van der Waals surface area contributed by atoms with Crippen molar-refractivity contribution in [2.75, 3.05) is 0 Å². The van der Waals surface area contributed by atoms with Gasteiger partial charge in [0.15, 0.2) is 11.4 Å². The highest BCUT2D eigenvalue weighted by Crippen LogP contribution is 2.27. The number of carbonyl (C=O) groups is 2. The molecule has 0 aliphatic carbocycles. The molecule has 8 nitrogen and oxygen atoms in total. The summed E-state index contributed by atoms with van der Waals surface area (Å²) in [6.45, 7) is 7.62. The average molecular weight is 384 g/mol. The van der Waals surface area contributed by atoms with Gasteiger partial charge < -0.3 is 14.8 Å². The van der Waals surface area contributed by atoms with Crippen LogP contribution < -0.4 is 5.32 Å². The Morgan fingerprint density at radius 1 is 1.32 bits per heavy atom. The first kappa shape index (κ1) is 19.6. The van der Waals surface area contributed by atoms with E-state index in [2.05, 4.69) is 15.4 Å². The molecular formula is C20H24N4O4. The topological polar surface area (TPSA) is 110 Å². The van der Waals surface area contributed by atoms with Crippen LogP contribution in [0, 0.1) is 5.92 Å². The normalized spacial score (nSPS) is 13.6. The Hall–Kier alpha value is -3.16. The Balaban J connectivity index is 2.11. The maximum Gasteiger partial charge on any atom is 0.326 e. The molecule has 0 radical (unpaired) electrons. The summed E-state index contributed by atoms with van der Waals surface area (Å²) in [6.07, 6.45) is 3.75. The van der Waals surface area contributed by atoms with Gasteiger partial charge in [0, 0.05) is 6.04 Å². The average Bonchev–Trinajstić information content (AvgIpc) is 3.33. The van der Waals surface area contributed by atoms with Crippen LogP contribution in [0.25, 0.3) is 22.5 Å². The molecule has 0 aliphatic heterocycles. The van der Waals surface area contributed by atoms with E-state index in [0.29, 0.717) is 34.5 Å². The van der Waals surface area contributed by atoms with E-state index in [4.69, 9.17) is 4.42 Å². The van der Waals surface area contributed by atoms with Crippen LogP contribution in [0.5, 0.6) is 0 Å². The van der Waals surface area contributed by atoms with Crippen molar-refractivity contribution in [3.05, 3.63) is 36.2 Å². The van der Waals surface area contributed by atoms with E-state index in [0.717, 1.165) is 0 Å². The molecule has 0 bridgehead atoms. The molecule has 28 heavy (non-hydrogen) atoms. The van der Waals surface area contributed by atoms with Crippen LogP contribution in [0.15, 0.2) is 35.1 Å². The quantitative estimate of drug-likeness (QED) is 0.645. The molecule has 0 fully saturated rings. The summed E-state index contributed by atoms with van der Waals surface area (Å²) in [6, 6.07) is 4.17. The Morgan fingerprint density at radius 3 is 2.64 bits per heavy atom. The van der Waals surface area contributed by atoms with Gasteiger partial charge in [-0.2, -0.15) is 5.10 Å². The molecule has 0 saturated carbocycles. The van der Waals surface area contributed by atoms with E-state index in [1.165, 1.54) is 6.26 Å². The summed E-state index contributed by atoms with van der Waals surface area (Å²) in [7, 11) is 0. The SMILES string of the molecule is CC[C@H](C)[C@H](NC(=O)c1cc(-c2ccco2)nc2c1cnn2C(C)C)C(=O)O. The number of carboxylic acids is 1. The van der Waals surface area contributed by atoms with Crippen molar-refractivity contribution in [2.45, 2.75) is 46.2 Å². The van der Waals surface area contributed by atoms with E-state index in [1.54, 1.807) is 36.0 Å². The van der Waals surface area contributed by atoms with E-state index in [1.807, 2.05) is 20.8 Å². The van der Waals surface area contributed by atoms with Gasteiger partial charge in [-0.3, -0.25) is 4.79 Å². The zero-order valence-corrected chi connectivity index (χ0v) is 16.3. The molecule has 2 N–H and O–H groups in total. The van der Waals surface area contributed by atoms with E-state index >= 15 is 0 Å². The molecular weight excluding hydrogens is 360 g/mol. The van der Waals surface area contributed by atoms with Crippen molar-refractivity contribution in [1.82, 2.24) is 20.1 Å². The van der Waals surface area contributed by atoms with Crippen LogP contribution in [-0.2, 0) is 4.79 Å². The number of pyridine rings is 1. The highest BCUT2D eigenvalue weighted by atomic mass is 16.4. The van der Waals surface area contributed by atoms with Crippen molar-refractivity contribution in [3.8, 4) is 11.5 Å². The second kappa shape index (κ2) is 7.84. The minimum atomic E-state index is -1.06. The third-order valence-corrected chi connectivity index (χ3v) is 4.84. The third-order valence-electron chi connectivity index (χ3n) is 4.84. The lowest BCUT2D eigenvalue weighted by Gasteiger charge is -2.20. The molecule has 3 rings (SSSR count). The fraction of sp³-hybridized carbons (Fsp3) is 0.400. The van der Waals surface area contributed by atoms with Gasteiger partial charge in [-0.25, -0.2) is 14.5 Å². The number of nitrogens with one attached hydrogen (secondary N) is 1. The van der Waals surface area contributed by atoms with Gasteiger partial charge in [-0.15, -0.1) is 0 Å². The largest absolute Gasteiger partial charge is 0.480 e. The first-order valence-electron chi connectivity index (χ1n) is 9.29. The lowest BCUT2D eigenvalue weighted by atomic mass is 9.98. The number of rotatable bonds is 7. The van der Waals surface area contributed by atoms with Crippen LogP contribution in [0.1, 0.15) is 50.5 Å². The van der Waals surface area contributed by atoms with Crippen molar-refractivity contribution in [1.29, 1.82) is 0 Å². The second-order valence-corrected chi connectivity index (χ2v) is 7.13. The van der Waals surface area contributed by atoms with Gasteiger partial charge in [0.1, 0.15) is 11.7 Å². The Kier molecular flexibility index (Phi) is 5.48. The molecule has 3 aromatic rings. The number of aromatic nitrogens is 3. The molecule has 0 spiro atoms. The van der Waals surface area contributed by atoms with Crippen molar-refractivity contribution in [2.24, 2.45) is 5.92 Å². The Morgan fingerprint density at radius 2 is 2.07 bits per heavy atom. The summed E-state index contributed by atoms with van der Waals surface area (Å²) < 4.78 is 7.16. The van der Waals surface area contributed by atoms with Crippen LogP contribution in [-0.4, -0.2) is 37.8 Å². The Labute approximate surface area is 162 Å². The van der Waals surface area contributed by atoms with Crippen molar-refractivity contribution in [3.63, 3.8) is 0 Å². The number of carbonyl (C=O) groups excluding carboxylic acids is 1. The molecule has 1 amide bonds. The molecule has 3 aromatic heterocycles. The third kappa shape index (κ3) is 3.62. The van der Waals surface area contributed by atoms with Crippen LogP contribution in [0.2, 0.25) is 0 Å². The molecule has 8 heteroatoms. The molecule has 0 aliphatic rings. The zero-order chi connectivity index (χ0) is 20.4. The van der Waals surface area contributed by atoms with Crippen LogP contribution in [0.3, 0.4) is 0 Å². The summed E-state index contributed by atoms with van der Waals surface area (Å²) >= 11 is 0. The number of hydrogen-bond donors (Lipinski definition) is 2. The number of carboxylic acid groups (broad SMARTS) is 1. The number of aliphatic carboxylic acids is 1. The van der Waals surface area contributed by atoms with Crippen molar-refractivity contribution >= 4 is 22.9 Å². The van der Waals surface area contributed by atoms with Gasteiger partial charge in [0.05, 0.1) is 23.4 Å².